The number of carbonyl (C=O) groups is 2. The first-order valence-electron chi connectivity index (χ1n) is 6.05. The van der Waals surface area contributed by atoms with Gasteiger partial charge in [0.2, 0.25) is 0 Å². The zero-order chi connectivity index (χ0) is 13.5. The molecule has 1 aliphatic rings. The van der Waals surface area contributed by atoms with Gasteiger partial charge in [-0.15, -0.1) is 0 Å². The van der Waals surface area contributed by atoms with Crippen LogP contribution in [0.15, 0.2) is 0 Å². The molecule has 1 heterocycles. The molecule has 7 nitrogen and oxygen atoms in total. The van der Waals surface area contributed by atoms with Crippen LogP contribution in [0.25, 0.3) is 0 Å². The molecule has 0 bridgehead atoms. The number of aliphatic carboxylic acids is 1. The van der Waals surface area contributed by atoms with Gasteiger partial charge in [-0.25, -0.2) is 4.79 Å². The number of nitrogens with one attached hydrogen (secondary N) is 1. The van der Waals surface area contributed by atoms with E-state index < -0.39 is 12.0 Å². The lowest BCUT2D eigenvalue weighted by Crippen LogP contribution is -2.50. The predicted octanol–water partition coefficient (Wildman–Crippen LogP) is -0.358. The van der Waals surface area contributed by atoms with Gasteiger partial charge in [-0.2, -0.15) is 0 Å². The first-order chi connectivity index (χ1) is 8.54. The molecule has 2 amide bonds. The minimum absolute atomic E-state index is 0.00315. The van der Waals surface area contributed by atoms with Gasteiger partial charge < -0.3 is 25.2 Å². The fraction of sp³-hybridized carbons (Fsp3) is 0.818. The van der Waals surface area contributed by atoms with Gasteiger partial charge in [0.1, 0.15) is 6.04 Å². The van der Waals surface area contributed by atoms with Crippen molar-refractivity contribution in [3.8, 4) is 0 Å². The highest BCUT2D eigenvalue weighted by atomic mass is 16.5. The van der Waals surface area contributed by atoms with Crippen LogP contribution in [0.3, 0.4) is 0 Å². The number of amides is 2. The van der Waals surface area contributed by atoms with E-state index in [1.807, 2.05) is 0 Å². The van der Waals surface area contributed by atoms with Gasteiger partial charge in [0.25, 0.3) is 0 Å². The predicted molar refractivity (Wildman–Crippen MR) is 63.3 cm³/mol. The molecular formula is C11H20N2O5. The molecule has 18 heavy (non-hydrogen) atoms. The molecule has 7 heteroatoms. The summed E-state index contributed by atoms with van der Waals surface area (Å²) in [6.45, 7) is 2.81. The number of ether oxygens (including phenoxy) is 1. The molecule has 0 saturated carbocycles. The number of hydrogen-bond acceptors (Lipinski definition) is 4. The molecule has 0 aromatic rings. The SMILES string of the molecule is CC(NC(=O)N1CCC(OCCO)CC1)C(=O)O. The molecule has 1 rings (SSSR count). The van der Waals surface area contributed by atoms with E-state index >= 15 is 0 Å². The van der Waals surface area contributed by atoms with Crippen LogP contribution < -0.4 is 5.32 Å². The van der Waals surface area contributed by atoms with E-state index in [-0.39, 0.29) is 18.7 Å². The van der Waals surface area contributed by atoms with E-state index in [1.54, 1.807) is 4.90 Å². The van der Waals surface area contributed by atoms with E-state index in [0.717, 1.165) is 0 Å². The maximum atomic E-state index is 11.7. The van der Waals surface area contributed by atoms with Crippen molar-refractivity contribution < 1.29 is 24.5 Å². The van der Waals surface area contributed by atoms with E-state index in [1.165, 1.54) is 6.92 Å². The molecule has 0 aliphatic carbocycles. The number of carboxylic acids is 1. The second-order valence-electron chi connectivity index (χ2n) is 4.29. The third-order valence-corrected chi connectivity index (χ3v) is 2.88. The molecule has 104 valence electrons. The highest BCUT2D eigenvalue weighted by Gasteiger charge is 2.25. The Kier molecular flexibility index (Phi) is 5.87. The van der Waals surface area contributed by atoms with E-state index in [2.05, 4.69) is 5.32 Å². The van der Waals surface area contributed by atoms with Crippen molar-refractivity contribution in [2.24, 2.45) is 0 Å². The van der Waals surface area contributed by atoms with Gasteiger partial charge in [-0.05, 0) is 19.8 Å². The number of carbonyl (C=O) groups excluding carboxylic acids is 1. The quantitative estimate of drug-likeness (QED) is 0.627. The number of piperidine rings is 1. The molecule has 1 aliphatic heterocycles. The van der Waals surface area contributed by atoms with Crippen molar-refractivity contribution in [2.45, 2.75) is 31.9 Å². The van der Waals surface area contributed by atoms with Crippen LogP contribution in [0.5, 0.6) is 0 Å². The standard InChI is InChI=1S/C11H20N2O5/c1-8(10(15)16)12-11(17)13-4-2-9(3-5-13)18-7-6-14/h8-9,14H,2-7H2,1H3,(H,12,17)(H,15,16). The second-order valence-corrected chi connectivity index (χ2v) is 4.29. The minimum atomic E-state index is -1.05. The van der Waals surface area contributed by atoms with Gasteiger partial charge in [-0.3, -0.25) is 4.79 Å². The Morgan fingerprint density at radius 1 is 1.44 bits per heavy atom. The maximum Gasteiger partial charge on any atom is 0.325 e. The molecule has 1 atom stereocenters. The number of aliphatic hydroxyl groups excluding tert-OH is 1. The topological polar surface area (TPSA) is 99.1 Å². The number of likely N-dealkylation sites (tertiary alicyclic amines) is 1. The van der Waals surface area contributed by atoms with Crippen LogP contribution in [0.4, 0.5) is 4.79 Å². The first kappa shape index (κ1) is 14.7. The van der Waals surface area contributed by atoms with Crippen molar-refractivity contribution in [3.63, 3.8) is 0 Å². The summed E-state index contributed by atoms with van der Waals surface area (Å²) in [5, 5.41) is 19.7. The largest absolute Gasteiger partial charge is 0.480 e. The van der Waals surface area contributed by atoms with Crippen LogP contribution in [0.2, 0.25) is 0 Å². The summed E-state index contributed by atoms with van der Waals surface area (Å²) in [4.78, 5) is 23.9. The fourth-order valence-corrected chi connectivity index (χ4v) is 1.78. The Bertz CT molecular complexity index is 289. The summed E-state index contributed by atoms with van der Waals surface area (Å²) in [6.07, 6.45) is 1.47. The lowest BCUT2D eigenvalue weighted by Gasteiger charge is -2.32. The number of urea groups is 1. The molecule has 3 N–H and O–H groups in total. The highest BCUT2D eigenvalue weighted by molar-refractivity contribution is 5.82. The van der Waals surface area contributed by atoms with Crippen molar-refractivity contribution in [1.82, 2.24) is 10.2 Å². The van der Waals surface area contributed by atoms with Gasteiger partial charge in [0.05, 0.1) is 19.3 Å². The summed E-state index contributed by atoms with van der Waals surface area (Å²) in [6, 6.07) is -1.24. The van der Waals surface area contributed by atoms with Crippen molar-refractivity contribution >= 4 is 12.0 Å². The highest BCUT2D eigenvalue weighted by Crippen LogP contribution is 2.13. The number of rotatable bonds is 5. The lowest BCUT2D eigenvalue weighted by molar-refractivity contribution is -0.138. The van der Waals surface area contributed by atoms with Crippen LogP contribution in [-0.2, 0) is 9.53 Å². The van der Waals surface area contributed by atoms with Gasteiger partial charge in [0.15, 0.2) is 0 Å². The average Bonchev–Trinajstić information content (AvgIpc) is 2.36. The Morgan fingerprint density at radius 2 is 2.06 bits per heavy atom. The Hall–Kier alpha value is -1.34. The molecule has 0 spiro atoms. The summed E-state index contributed by atoms with van der Waals surface area (Å²) in [5.74, 6) is -1.05. The number of hydrogen-bond donors (Lipinski definition) is 3. The Balaban J connectivity index is 2.29. The summed E-state index contributed by atoms with van der Waals surface area (Å²) < 4.78 is 5.38. The molecule has 0 aromatic heterocycles. The van der Waals surface area contributed by atoms with Crippen LogP contribution in [0, 0.1) is 0 Å². The zero-order valence-electron chi connectivity index (χ0n) is 10.5. The second kappa shape index (κ2) is 7.17. The van der Waals surface area contributed by atoms with Crippen molar-refractivity contribution in [1.29, 1.82) is 0 Å². The molecular weight excluding hydrogens is 240 g/mol. The minimum Gasteiger partial charge on any atom is -0.480 e. The normalized spacial score (nSPS) is 18.4. The third-order valence-electron chi connectivity index (χ3n) is 2.88. The van der Waals surface area contributed by atoms with E-state index in [9.17, 15) is 9.59 Å². The van der Waals surface area contributed by atoms with Gasteiger partial charge in [-0.1, -0.05) is 0 Å². The molecule has 1 fully saturated rings. The van der Waals surface area contributed by atoms with E-state index in [0.29, 0.717) is 32.5 Å². The summed E-state index contributed by atoms with van der Waals surface area (Å²) in [5.41, 5.74) is 0. The van der Waals surface area contributed by atoms with Crippen molar-refractivity contribution in [2.75, 3.05) is 26.3 Å². The van der Waals surface area contributed by atoms with Gasteiger partial charge >= 0.3 is 12.0 Å². The van der Waals surface area contributed by atoms with Crippen LogP contribution >= 0.6 is 0 Å². The number of carboxylic acid groups (broad SMARTS) is 1. The van der Waals surface area contributed by atoms with Gasteiger partial charge in [0, 0.05) is 13.1 Å². The molecule has 0 aromatic carbocycles. The van der Waals surface area contributed by atoms with E-state index in [4.69, 9.17) is 14.9 Å². The number of aliphatic hydroxyl groups is 1. The maximum absolute atomic E-state index is 11.7. The molecule has 1 saturated heterocycles. The number of nitrogens with zero attached hydrogens (tertiary/aromatic N) is 1. The Morgan fingerprint density at radius 3 is 2.56 bits per heavy atom. The zero-order valence-corrected chi connectivity index (χ0v) is 10.5. The smallest absolute Gasteiger partial charge is 0.325 e. The summed E-state index contributed by atoms with van der Waals surface area (Å²) >= 11 is 0. The lowest BCUT2D eigenvalue weighted by atomic mass is 10.1. The fourth-order valence-electron chi connectivity index (χ4n) is 1.78. The monoisotopic (exact) mass is 260 g/mol. The first-order valence-corrected chi connectivity index (χ1v) is 6.05. The van der Waals surface area contributed by atoms with Crippen LogP contribution in [0.1, 0.15) is 19.8 Å². The molecule has 0 radical (unpaired) electrons. The third kappa shape index (κ3) is 4.50. The Labute approximate surface area is 106 Å². The molecule has 1 unspecified atom stereocenters. The average molecular weight is 260 g/mol. The van der Waals surface area contributed by atoms with Crippen molar-refractivity contribution in [3.05, 3.63) is 0 Å². The van der Waals surface area contributed by atoms with Crippen LogP contribution in [-0.4, -0.2) is 65.6 Å². The summed E-state index contributed by atoms with van der Waals surface area (Å²) in [7, 11) is 0.